The molecule has 1 aromatic heterocycles. The Hall–Kier alpha value is -3.44. The number of fused-ring (bicyclic) bond motifs is 3. The van der Waals surface area contributed by atoms with E-state index in [2.05, 4.69) is 10.3 Å². The molecule has 1 aliphatic heterocycles. The quantitative estimate of drug-likeness (QED) is 0.361. The number of carbonyl (C=O) groups is 1. The van der Waals surface area contributed by atoms with Crippen LogP contribution in [0.3, 0.4) is 0 Å². The maximum atomic E-state index is 13.6. The van der Waals surface area contributed by atoms with Gasteiger partial charge >= 0.3 is 6.03 Å². The summed E-state index contributed by atoms with van der Waals surface area (Å²) >= 11 is 6.30. The molecule has 3 aromatic carbocycles. The number of urea groups is 1. The maximum absolute atomic E-state index is 13.6. The third kappa shape index (κ3) is 3.83. The average Bonchev–Trinajstić information content (AvgIpc) is 3.19. The summed E-state index contributed by atoms with van der Waals surface area (Å²) in [6.07, 6.45) is 0.753. The molecule has 1 unspecified atom stereocenters. The highest BCUT2D eigenvalue weighted by Gasteiger charge is 2.35. The number of anilines is 1. The van der Waals surface area contributed by atoms with Crippen molar-refractivity contribution in [1.82, 2.24) is 9.88 Å². The highest BCUT2D eigenvalue weighted by Crippen LogP contribution is 2.40. The van der Waals surface area contributed by atoms with Gasteiger partial charge in [0.05, 0.1) is 13.2 Å². The van der Waals surface area contributed by atoms with Crippen LogP contribution in [0.1, 0.15) is 34.0 Å². The number of aromatic nitrogens is 1. The minimum Gasteiger partial charge on any atom is -0.497 e. The second-order valence-corrected chi connectivity index (χ2v) is 8.94. The Bertz CT molecular complexity index is 1340. The van der Waals surface area contributed by atoms with Crippen molar-refractivity contribution in [3.63, 3.8) is 0 Å². The standard InChI is InChI=1S/C27H26ClN3O2/c1-16-5-4-6-23(17(16)2)30-27(32)31-14-13-21-22-15-19(28)9-12-24(22)29-25(21)26(31)18-7-10-20(33-3)11-8-18/h4-12,15,26,29H,13-14H2,1-3H3,(H,30,32). The molecule has 0 radical (unpaired) electrons. The summed E-state index contributed by atoms with van der Waals surface area (Å²) in [4.78, 5) is 19.1. The van der Waals surface area contributed by atoms with E-state index in [1.165, 1.54) is 5.56 Å². The fourth-order valence-electron chi connectivity index (χ4n) is 4.69. The Balaban J connectivity index is 1.59. The normalized spacial score (nSPS) is 15.4. The molecule has 0 saturated heterocycles. The number of halogens is 1. The number of benzene rings is 3. The Morgan fingerprint density at radius 1 is 1.12 bits per heavy atom. The maximum Gasteiger partial charge on any atom is 0.322 e. The van der Waals surface area contributed by atoms with Crippen molar-refractivity contribution in [2.75, 3.05) is 19.0 Å². The highest BCUT2D eigenvalue weighted by atomic mass is 35.5. The summed E-state index contributed by atoms with van der Waals surface area (Å²) in [6.45, 7) is 4.68. The molecule has 0 bridgehead atoms. The molecule has 4 aromatic rings. The van der Waals surface area contributed by atoms with Crippen LogP contribution in [0.15, 0.2) is 60.7 Å². The number of nitrogens with one attached hydrogen (secondary N) is 2. The molecule has 0 fully saturated rings. The number of aryl methyl sites for hydroxylation is 1. The van der Waals surface area contributed by atoms with E-state index in [9.17, 15) is 4.79 Å². The van der Waals surface area contributed by atoms with Crippen molar-refractivity contribution >= 4 is 34.2 Å². The Morgan fingerprint density at radius 3 is 2.67 bits per heavy atom. The molecule has 2 heterocycles. The van der Waals surface area contributed by atoms with Crippen LogP contribution in [0.5, 0.6) is 5.75 Å². The number of ether oxygens (including phenoxy) is 1. The lowest BCUT2D eigenvalue weighted by Crippen LogP contribution is -2.43. The first kappa shape index (κ1) is 21.4. The number of amides is 2. The van der Waals surface area contributed by atoms with Gasteiger partial charge in [-0.2, -0.15) is 0 Å². The molecule has 6 heteroatoms. The summed E-state index contributed by atoms with van der Waals surface area (Å²) in [7, 11) is 1.65. The predicted octanol–water partition coefficient (Wildman–Crippen LogP) is 6.63. The third-order valence-electron chi connectivity index (χ3n) is 6.63. The van der Waals surface area contributed by atoms with Crippen LogP contribution in [0.2, 0.25) is 5.02 Å². The Morgan fingerprint density at radius 2 is 1.91 bits per heavy atom. The third-order valence-corrected chi connectivity index (χ3v) is 6.86. The van der Waals surface area contributed by atoms with Crippen LogP contribution in [-0.4, -0.2) is 29.6 Å². The number of rotatable bonds is 3. The molecular weight excluding hydrogens is 434 g/mol. The summed E-state index contributed by atoms with van der Waals surface area (Å²) in [6, 6.07) is 19.4. The fraction of sp³-hybridized carbons (Fsp3) is 0.222. The minimum absolute atomic E-state index is 0.119. The van der Waals surface area contributed by atoms with E-state index in [4.69, 9.17) is 16.3 Å². The van der Waals surface area contributed by atoms with Crippen molar-refractivity contribution in [2.45, 2.75) is 26.3 Å². The van der Waals surface area contributed by atoms with E-state index in [-0.39, 0.29) is 12.1 Å². The molecule has 168 valence electrons. The summed E-state index contributed by atoms with van der Waals surface area (Å²) in [5, 5.41) is 4.97. The monoisotopic (exact) mass is 459 g/mol. The molecule has 2 amide bonds. The predicted molar refractivity (Wildman–Crippen MR) is 133 cm³/mol. The van der Waals surface area contributed by atoms with Gasteiger partial charge in [-0.25, -0.2) is 4.79 Å². The molecule has 1 aliphatic rings. The van der Waals surface area contributed by atoms with Crippen LogP contribution in [0.25, 0.3) is 10.9 Å². The molecule has 0 spiro atoms. The SMILES string of the molecule is COc1ccc(C2c3[nH]c4ccc(Cl)cc4c3CCN2C(=O)Nc2cccc(C)c2C)cc1. The lowest BCUT2D eigenvalue weighted by molar-refractivity contribution is 0.193. The Kier molecular flexibility index (Phi) is 5.51. The molecule has 1 atom stereocenters. The number of aromatic amines is 1. The largest absolute Gasteiger partial charge is 0.497 e. The van der Waals surface area contributed by atoms with Gasteiger partial charge in [-0.3, -0.25) is 0 Å². The number of carbonyl (C=O) groups excluding carboxylic acids is 1. The van der Waals surface area contributed by atoms with E-state index in [0.717, 1.165) is 51.1 Å². The number of nitrogens with zero attached hydrogens (tertiary/aromatic N) is 1. The van der Waals surface area contributed by atoms with Crippen molar-refractivity contribution in [2.24, 2.45) is 0 Å². The lowest BCUT2D eigenvalue weighted by Gasteiger charge is -2.36. The highest BCUT2D eigenvalue weighted by molar-refractivity contribution is 6.31. The first-order valence-corrected chi connectivity index (χ1v) is 11.4. The Labute approximate surface area is 198 Å². The van der Waals surface area contributed by atoms with Crippen molar-refractivity contribution < 1.29 is 9.53 Å². The van der Waals surface area contributed by atoms with E-state index in [1.807, 2.05) is 79.4 Å². The second kappa shape index (κ2) is 8.49. The molecule has 0 saturated carbocycles. The topological polar surface area (TPSA) is 57.4 Å². The van der Waals surface area contributed by atoms with Gasteiger partial charge in [0.25, 0.3) is 0 Å². The summed E-state index contributed by atoms with van der Waals surface area (Å²) in [5.74, 6) is 0.782. The zero-order valence-electron chi connectivity index (χ0n) is 18.9. The smallest absolute Gasteiger partial charge is 0.322 e. The number of methoxy groups -OCH3 is 1. The minimum atomic E-state index is -0.254. The molecule has 0 aliphatic carbocycles. The number of hydrogen-bond donors (Lipinski definition) is 2. The van der Waals surface area contributed by atoms with Crippen molar-refractivity contribution in [3.8, 4) is 5.75 Å². The lowest BCUT2D eigenvalue weighted by atomic mass is 9.92. The fourth-order valence-corrected chi connectivity index (χ4v) is 4.86. The second-order valence-electron chi connectivity index (χ2n) is 8.50. The average molecular weight is 460 g/mol. The molecule has 5 rings (SSSR count). The molecule has 5 nitrogen and oxygen atoms in total. The van der Waals surface area contributed by atoms with E-state index in [0.29, 0.717) is 11.6 Å². The first-order valence-electron chi connectivity index (χ1n) is 11.0. The van der Waals surface area contributed by atoms with Gasteiger partial charge in [0.1, 0.15) is 5.75 Å². The number of H-pyrrole nitrogens is 1. The van der Waals surface area contributed by atoms with Gasteiger partial charge in [-0.1, -0.05) is 35.9 Å². The van der Waals surface area contributed by atoms with Gasteiger partial charge in [0.2, 0.25) is 0 Å². The van der Waals surface area contributed by atoms with Crippen molar-refractivity contribution in [3.05, 3.63) is 93.6 Å². The zero-order valence-corrected chi connectivity index (χ0v) is 19.7. The van der Waals surface area contributed by atoms with Crippen LogP contribution in [0, 0.1) is 13.8 Å². The van der Waals surface area contributed by atoms with Crippen molar-refractivity contribution in [1.29, 1.82) is 0 Å². The summed E-state index contributed by atoms with van der Waals surface area (Å²) in [5.41, 5.74) is 7.34. The van der Waals surface area contributed by atoms with Crippen LogP contribution >= 0.6 is 11.6 Å². The van der Waals surface area contributed by atoms with Gasteiger partial charge in [0.15, 0.2) is 0 Å². The first-order chi connectivity index (χ1) is 16.0. The van der Waals surface area contributed by atoms with Crippen LogP contribution in [0.4, 0.5) is 10.5 Å². The van der Waals surface area contributed by atoms with Gasteiger partial charge in [-0.15, -0.1) is 0 Å². The molecule has 33 heavy (non-hydrogen) atoms. The van der Waals surface area contributed by atoms with E-state index >= 15 is 0 Å². The zero-order chi connectivity index (χ0) is 23.1. The van der Waals surface area contributed by atoms with Crippen LogP contribution < -0.4 is 10.1 Å². The molecule has 2 N–H and O–H groups in total. The number of hydrogen-bond acceptors (Lipinski definition) is 2. The molecular formula is C27H26ClN3O2. The van der Waals surface area contributed by atoms with E-state index in [1.54, 1.807) is 7.11 Å². The van der Waals surface area contributed by atoms with Gasteiger partial charge in [0, 0.05) is 33.9 Å². The van der Waals surface area contributed by atoms with Gasteiger partial charge < -0.3 is 19.9 Å². The van der Waals surface area contributed by atoms with Crippen LogP contribution in [-0.2, 0) is 6.42 Å². The van der Waals surface area contributed by atoms with E-state index < -0.39 is 0 Å². The summed E-state index contributed by atoms with van der Waals surface area (Å²) < 4.78 is 5.35. The van der Waals surface area contributed by atoms with Gasteiger partial charge in [-0.05, 0) is 78.9 Å².